The van der Waals surface area contributed by atoms with Gasteiger partial charge in [0.25, 0.3) is 0 Å². The molecule has 1 saturated carbocycles. The summed E-state index contributed by atoms with van der Waals surface area (Å²) >= 11 is 0. The first-order valence-electron chi connectivity index (χ1n) is 6.36. The molecule has 18 heavy (non-hydrogen) atoms. The van der Waals surface area contributed by atoms with Crippen molar-refractivity contribution in [3.63, 3.8) is 0 Å². The van der Waals surface area contributed by atoms with E-state index in [4.69, 9.17) is 9.47 Å². The van der Waals surface area contributed by atoms with Gasteiger partial charge < -0.3 is 14.6 Å². The quantitative estimate of drug-likeness (QED) is 0.898. The Kier molecular flexibility index (Phi) is 2.70. The lowest BCUT2D eigenvalue weighted by molar-refractivity contribution is 0.143. The molecule has 1 atom stereocenters. The summed E-state index contributed by atoms with van der Waals surface area (Å²) in [5.41, 5.74) is 0.817. The number of hydrogen-bond acceptors (Lipinski definition) is 3. The summed E-state index contributed by atoms with van der Waals surface area (Å²) in [4.78, 5) is 0. The second-order valence-electron chi connectivity index (χ2n) is 5.22. The van der Waals surface area contributed by atoms with E-state index in [0.717, 1.165) is 18.4 Å². The molecule has 0 aromatic heterocycles. The SMILES string of the molecule is CC(F)c1cc(CC2(O)CC2)c2c(c1)OCCO2. The molecule has 1 fully saturated rings. The van der Waals surface area contributed by atoms with Gasteiger partial charge in [-0.05, 0) is 37.5 Å². The molecule has 0 saturated heterocycles. The van der Waals surface area contributed by atoms with Gasteiger partial charge >= 0.3 is 0 Å². The van der Waals surface area contributed by atoms with Gasteiger partial charge in [0.1, 0.15) is 19.4 Å². The van der Waals surface area contributed by atoms with Crippen LogP contribution in [0.25, 0.3) is 0 Å². The summed E-state index contributed by atoms with van der Waals surface area (Å²) in [5.74, 6) is 1.27. The zero-order chi connectivity index (χ0) is 12.8. The number of ether oxygens (including phenoxy) is 2. The van der Waals surface area contributed by atoms with Crippen LogP contribution >= 0.6 is 0 Å². The number of benzene rings is 1. The maximum atomic E-state index is 13.5. The van der Waals surface area contributed by atoms with E-state index in [0.29, 0.717) is 36.7 Å². The molecule has 3 nitrogen and oxygen atoms in total. The number of aliphatic hydroxyl groups is 1. The largest absolute Gasteiger partial charge is 0.486 e. The van der Waals surface area contributed by atoms with Crippen LogP contribution < -0.4 is 9.47 Å². The fourth-order valence-electron chi connectivity index (χ4n) is 2.29. The number of alkyl halides is 1. The molecule has 98 valence electrons. The van der Waals surface area contributed by atoms with Crippen molar-refractivity contribution in [1.82, 2.24) is 0 Å². The monoisotopic (exact) mass is 252 g/mol. The summed E-state index contributed by atoms with van der Waals surface area (Å²) < 4.78 is 24.6. The van der Waals surface area contributed by atoms with Gasteiger partial charge in [0, 0.05) is 12.0 Å². The molecule has 1 aliphatic heterocycles. The summed E-state index contributed by atoms with van der Waals surface area (Å²) in [7, 11) is 0. The smallest absolute Gasteiger partial charge is 0.164 e. The standard InChI is InChI=1S/C14H17FO3/c1-9(15)10-6-11(8-14(16)2-3-14)13-12(7-10)17-4-5-18-13/h6-7,9,16H,2-5,8H2,1H3. The van der Waals surface area contributed by atoms with Crippen LogP contribution in [0.4, 0.5) is 4.39 Å². The third kappa shape index (κ3) is 2.17. The van der Waals surface area contributed by atoms with Gasteiger partial charge in [0.15, 0.2) is 11.5 Å². The summed E-state index contributed by atoms with van der Waals surface area (Å²) in [6.45, 7) is 2.49. The van der Waals surface area contributed by atoms with Gasteiger partial charge in [0.05, 0.1) is 5.60 Å². The van der Waals surface area contributed by atoms with E-state index in [-0.39, 0.29) is 0 Å². The molecule has 1 unspecified atom stereocenters. The molecule has 0 radical (unpaired) electrons. The van der Waals surface area contributed by atoms with E-state index >= 15 is 0 Å². The van der Waals surface area contributed by atoms with E-state index in [1.807, 2.05) is 0 Å². The molecular formula is C14H17FO3. The van der Waals surface area contributed by atoms with Crippen LogP contribution in [0.5, 0.6) is 11.5 Å². The Labute approximate surface area is 106 Å². The van der Waals surface area contributed by atoms with Gasteiger partial charge in [-0.25, -0.2) is 4.39 Å². The van der Waals surface area contributed by atoms with Gasteiger partial charge in [-0.1, -0.05) is 0 Å². The average Bonchev–Trinajstić information content (AvgIpc) is 3.06. The van der Waals surface area contributed by atoms with Crippen molar-refractivity contribution >= 4 is 0 Å². The highest BCUT2D eigenvalue weighted by atomic mass is 19.1. The summed E-state index contributed by atoms with van der Waals surface area (Å²) in [5, 5.41) is 10.0. The Balaban J connectivity index is 2.00. The Bertz CT molecular complexity index is 466. The molecule has 1 heterocycles. The molecule has 1 aliphatic carbocycles. The van der Waals surface area contributed by atoms with Crippen LogP contribution in [0.1, 0.15) is 37.1 Å². The zero-order valence-corrected chi connectivity index (χ0v) is 10.4. The third-order valence-corrected chi connectivity index (χ3v) is 3.55. The predicted molar refractivity (Wildman–Crippen MR) is 64.8 cm³/mol. The third-order valence-electron chi connectivity index (χ3n) is 3.55. The van der Waals surface area contributed by atoms with Crippen LogP contribution in [-0.4, -0.2) is 23.9 Å². The lowest BCUT2D eigenvalue weighted by atomic mass is 10.00. The van der Waals surface area contributed by atoms with Crippen LogP contribution in [-0.2, 0) is 6.42 Å². The Morgan fingerprint density at radius 1 is 1.33 bits per heavy atom. The van der Waals surface area contributed by atoms with E-state index in [2.05, 4.69) is 0 Å². The molecular weight excluding hydrogens is 235 g/mol. The van der Waals surface area contributed by atoms with Gasteiger partial charge in [0.2, 0.25) is 0 Å². The van der Waals surface area contributed by atoms with Crippen molar-refractivity contribution in [3.8, 4) is 11.5 Å². The van der Waals surface area contributed by atoms with Crippen molar-refractivity contribution < 1.29 is 19.0 Å². The van der Waals surface area contributed by atoms with E-state index in [1.54, 1.807) is 12.1 Å². The zero-order valence-electron chi connectivity index (χ0n) is 10.4. The van der Waals surface area contributed by atoms with Gasteiger partial charge in [-0.3, -0.25) is 0 Å². The van der Waals surface area contributed by atoms with Crippen LogP contribution in [0.2, 0.25) is 0 Å². The van der Waals surface area contributed by atoms with E-state index in [9.17, 15) is 9.50 Å². The lowest BCUT2D eigenvalue weighted by Gasteiger charge is -2.23. The first kappa shape index (κ1) is 11.8. The minimum atomic E-state index is -1.05. The Morgan fingerprint density at radius 3 is 2.72 bits per heavy atom. The molecule has 1 N–H and O–H groups in total. The molecule has 0 spiro atoms. The van der Waals surface area contributed by atoms with Gasteiger partial charge in [-0.2, -0.15) is 0 Å². The van der Waals surface area contributed by atoms with Crippen LogP contribution in [0, 0.1) is 0 Å². The molecule has 0 bridgehead atoms. The summed E-state index contributed by atoms with van der Waals surface area (Å²) in [6.07, 6.45) is 1.07. The second-order valence-corrected chi connectivity index (χ2v) is 5.22. The number of rotatable bonds is 3. The first-order valence-corrected chi connectivity index (χ1v) is 6.36. The lowest BCUT2D eigenvalue weighted by Crippen LogP contribution is -2.19. The molecule has 1 aromatic rings. The van der Waals surface area contributed by atoms with Crippen molar-refractivity contribution in [3.05, 3.63) is 23.3 Å². The van der Waals surface area contributed by atoms with Crippen molar-refractivity contribution in [1.29, 1.82) is 0 Å². The molecule has 1 aromatic carbocycles. The minimum absolute atomic E-state index is 0.487. The second kappa shape index (κ2) is 4.12. The molecule has 3 rings (SSSR count). The fourth-order valence-corrected chi connectivity index (χ4v) is 2.29. The first-order chi connectivity index (χ1) is 8.57. The van der Waals surface area contributed by atoms with Crippen molar-refractivity contribution in [2.75, 3.05) is 13.2 Å². The predicted octanol–water partition coefficient (Wildman–Crippen LogP) is 2.56. The normalized spacial score (nSPS) is 21.5. The highest BCUT2D eigenvalue weighted by molar-refractivity contribution is 5.51. The van der Waals surface area contributed by atoms with E-state index in [1.165, 1.54) is 6.92 Å². The Hall–Kier alpha value is -1.29. The Morgan fingerprint density at radius 2 is 2.06 bits per heavy atom. The topological polar surface area (TPSA) is 38.7 Å². The minimum Gasteiger partial charge on any atom is -0.486 e. The maximum absolute atomic E-state index is 13.5. The molecule has 0 amide bonds. The summed E-state index contributed by atoms with van der Waals surface area (Å²) in [6, 6.07) is 3.48. The highest BCUT2D eigenvalue weighted by Crippen LogP contribution is 2.44. The average molecular weight is 252 g/mol. The highest BCUT2D eigenvalue weighted by Gasteiger charge is 2.41. The number of halogens is 1. The van der Waals surface area contributed by atoms with Gasteiger partial charge in [-0.15, -0.1) is 0 Å². The maximum Gasteiger partial charge on any atom is 0.164 e. The molecule has 2 aliphatic rings. The fraction of sp³-hybridized carbons (Fsp3) is 0.571. The number of fused-ring (bicyclic) bond motifs is 1. The van der Waals surface area contributed by atoms with Crippen molar-refractivity contribution in [2.24, 2.45) is 0 Å². The van der Waals surface area contributed by atoms with Crippen molar-refractivity contribution in [2.45, 2.75) is 38.0 Å². The van der Waals surface area contributed by atoms with Crippen LogP contribution in [0.3, 0.4) is 0 Å². The molecule has 4 heteroatoms. The van der Waals surface area contributed by atoms with E-state index < -0.39 is 11.8 Å². The number of hydrogen-bond donors (Lipinski definition) is 1. The van der Waals surface area contributed by atoms with Crippen LogP contribution in [0.15, 0.2) is 12.1 Å².